The molecule has 0 bridgehead atoms. The molecule has 0 fully saturated rings. The normalized spacial score (nSPS) is 18.5. The first-order chi connectivity index (χ1) is 18.1. The molecular formula is C29H39ClF3NO5. The number of aryl methyl sites for hydroxylation is 1. The summed E-state index contributed by atoms with van der Waals surface area (Å²) in [6.07, 6.45) is 1.88. The Morgan fingerprint density at radius 1 is 1.08 bits per heavy atom. The maximum absolute atomic E-state index is 14.9. The van der Waals surface area contributed by atoms with E-state index in [2.05, 4.69) is 13.8 Å². The minimum Gasteiger partial charge on any atom is -0.490 e. The summed E-state index contributed by atoms with van der Waals surface area (Å²) in [4.78, 5) is 14.7. The monoisotopic (exact) mass is 573 g/mol. The van der Waals surface area contributed by atoms with Crippen molar-refractivity contribution in [1.82, 2.24) is 4.90 Å². The molecule has 10 heteroatoms. The number of fused-ring (bicyclic) bond motifs is 1. The Kier molecular flexibility index (Phi) is 11.9. The number of hydrogen-bond acceptors (Lipinski definition) is 6. The van der Waals surface area contributed by atoms with Gasteiger partial charge in [0.2, 0.25) is 0 Å². The Morgan fingerprint density at radius 3 is 2.38 bits per heavy atom. The minimum atomic E-state index is -0.816. The fourth-order valence-electron chi connectivity index (χ4n) is 5.66. The molecule has 218 valence electrons. The van der Waals surface area contributed by atoms with E-state index in [1.54, 1.807) is 12.1 Å². The molecule has 0 amide bonds. The van der Waals surface area contributed by atoms with Crippen LogP contribution in [0.15, 0.2) is 24.3 Å². The number of likely N-dealkylation sites (N-methyl/N-ethyl adjacent to an activating group) is 1. The lowest BCUT2D eigenvalue weighted by molar-refractivity contribution is -0.172. The molecule has 39 heavy (non-hydrogen) atoms. The van der Waals surface area contributed by atoms with Crippen molar-refractivity contribution in [3.05, 3.63) is 58.4 Å². The molecular weight excluding hydrogens is 535 g/mol. The van der Waals surface area contributed by atoms with Gasteiger partial charge < -0.3 is 23.8 Å². The van der Waals surface area contributed by atoms with Crippen LogP contribution in [0, 0.1) is 23.4 Å². The van der Waals surface area contributed by atoms with Gasteiger partial charge in [0.05, 0.1) is 14.2 Å². The molecule has 0 N–H and O–H groups in total. The largest absolute Gasteiger partial charge is 0.490 e. The standard InChI is InChI=1S/C29H38F3NO5.ClH/c1-18(2)25-22-8-7-21(30)15-19(22)9-11-29(25,38-24(34)17-35-4)12-14-33(3)13-10-20-16-23(31)27(36-5)28(37-6)26(20)32;/h7-8,15-16,18,25H,9-14,17H2,1-6H3;1H/t25-,29-;/m1./s1. The summed E-state index contributed by atoms with van der Waals surface area (Å²) in [5, 5.41) is 0. The second kappa shape index (κ2) is 14.2. The molecule has 0 radical (unpaired) electrons. The smallest absolute Gasteiger partial charge is 0.332 e. The summed E-state index contributed by atoms with van der Waals surface area (Å²) in [6, 6.07) is 5.94. The third-order valence-electron chi connectivity index (χ3n) is 7.36. The molecule has 0 aromatic heterocycles. The number of benzene rings is 2. The third kappa shape index (κ3) is 7.38. The van der Waals surface area contributed by atoms with Gasteiger partial charge in [-0.25, -0.2) is 18.0 Å². The van der Waals surface area contributed by atoms with Crippen LogP contribution in [0.25, 0.3) is 0 Å². The summed E-state index contributed by atoms with van der Waals surface area (Å²) >= 11 is 0. The fourth-order valence-corrected chi connectivity index (χ4v) is 5.66. The Hall–Kier alpha value is -2.49. The number of ether oxygens (including phenoxy) is 4. The van der Waals surface area contributed by atoms with Crippen LogP contribution in [-0.2, 0) is 27.1 Å². The molecule has 0 saturated heterocycles. The molecule has 0 aliphatic heterocycles. The van der Waals surface area contributed by atoms with E-state index >= 15 is 0 Å². The van der Waals surface area contributed by atoms with E-state index in [0.717, 1.165) is 17.2 Å². The van der Waals surface area contributed by atoms with E-state index in [1.165, 1.54) is 27.4 Å². The zero-order chi connectivity index (χ0) is 28.0. The first kappa shape index (κ1) is 32.7. The van der Waals surface area contributed by atoms with Crippen molar-refractivity contribution in [2.24, 2.45) is 5.92 Å². The van der Waals surface area contributed by atoms with Crippen LogP contribution in [0.2, 0.25) is 0 Å². The SMILES string of the molecule is COCC(=O)O[C@@]1(CCN(C)CCc2cc(F)c(OC)c(OC)c2F)CCc2cc(F)ccc2[C@H]1C(C)C.Cl. The third-order valence-corrected chi connectivity index (χ3v) is 7.36. The maximum atomic E-state index is 14.9. The minimum absolute atomic E-state index is 0. The molecule has 0 unspecified atom stereocenters. The van der Waals surface area contributed by atoms with Gasteiger partial charge in [0.25, 0.3) is 0 Å². The van der Waals surface area contributed by atoms with Crippen molar-refractivity contribution in [3.8, 4) is 11.5 Å². The zero-order valence-electron chi connectivity index (χ0n) is 23.4. The molecule has 0 saturated carbocycles. The lowest BCUT2D eigenvalue weighted by Gasteiger charge is -2.47. The number of carbonyl (C=O) groups excluding carboxylic acids is 1. The molecule has 3 rings (SSSR count). The van der Waals surface area contributed by atoms with E-state index in [0.29, 0.717) is 32.4 Å². The van der Waals surface area contributed by atoms with Gasteiger partial charge in [0.1, 0.15) is 18.0 Å². The number of hydrogen-bond donors (Lipinski definition) is 0. The summed E-state index contributed by atoms with van der Waals surface area (Å²) in [5.41, 5.74) is 1.29. The van der Waals surface area contributed by atoms with Crippen molar-refractivity contribution in [3.63, 3.8) is 0 Å². The highest BCUT2D eigenvalue weighted by Crippen LogP contribution is 2.48. The van der Waals surface area contributed by atoms with Crippen LogP contribution in [0.5, 0.6) is 11.5 Å². The van der Waals surface area contributed by atoms with E-state index in [1.807, 2.05) is 11.9 Å². The van der Waals surface area contributed by atoms with Gasteiger partial charge in [-0.05, 0) is 67.1 Å². The summed E-state index contributed by atoms with van der Waals surface area (Å²) in [6.45, 7) is 4.95. The highest BCUT2D eigenvalue weighted by Gasteiger charge is 2.47. The predicted octanol–water partition coefficient (Wildman–Crippen LogP) is 5.72. The van der Waals surface area contributed by atoms with Crippen molar-refractivity contribution in [1.29, 1.82) is 0 Å². The van der Waals surface area contributed by atoms with Crippen LogP contribution in [0.4, 0.5) is 13.2 Å². The number of nitrogens with zero attached hydrogens (tertiary/aromatic N) is 1. The molecule has 1 aliphatic rings. The molecule has 0 heterocycles. The second-order valence-corrected chi connectivity index (χ2v) is 10.2. The van der Waals surface area contributed by atoms with Crippen molar-refractivity contribution in [2.45, 2.75) is 51.0 Å². The van der Waals surface area contributed by atoms with Crippen molar-refractivity contribution < 1.29 is 36.9 Å². The number of carbonyl (C=O) groups is 1. The Labute approximate surface area is 235 Å². The second-order valence-electron chi connectivity index (χ2n) is 10.2. The van der Waals surface area contributed by atoms with Gasteiger partial charge in [-0.1, -0.05) is 19.9 Å². The van der Waals surface area contributed by atoms with E-state index in [4.69, 9.17) is 18.9 Å². The van der Waals surface area contributed by atoms with Crippen LogP contribution in [-0.4, -0.2) is 64.5 Å². The van der Waals surface area contributed by atoms with E-state index < -0.39 is 23.2 Å². The predicted molar refractivity (Wildman–Crippen MR) is 146 cm³/mol. The average Bonchev–Trinajstić information content (AvgIpc) is 2.87. The Balaban J connectivity index is 0.00000533. The van der Waals surface area contributed by atoms with Crippen LogP contribution in [0.1, 0.15) is 49.3 Å². The number of esters is 1. The first-order valence-electron chi connectivity index (χ1n) is 12.8. The first-order valence-corrected chi connectivity index (χ1v) is 12.8. The highest BCUT2D eigenvalue weighted by atomic mass is 35.5. The summed E-state index contributed by atoms with van der Waals surface area (Å²) < 4.78 is 64.5. The molecule has 6 nitrogen and oxygen atoms in total. The number of halogens is 4. The maximum Gasteiger partial charge on any atom is 0.332 e. The van der Waals surface area contributed by atoms with Gasteiger partial charge in [-0.2, -0.15) is 0 Å². The molecule has 0 spiro atoms. The summed E-state index contributed by atoms with van der Waals surface area (Å²) in [7, 11) is 5.85. The number of rotatable bonds is 12. The zero-order valence-corrected chi connectivity index (χ0v) is 24.3. The van der Waals surface area contributed by atoms with Gasteiger partial charge in [0, 0.05) is 32.5 Å². The number of methoxy groups -OCH3 is 3. The van der Waals surface area contributed by atoms with Gasteiger partial charge in [-0.3, -0.25) is 0 Å². The fraction of sp³-hybridized carbons (Fsp3) is 0.552. The summed E-state index contributed by atoms with van der Waals surface area (Å²) in [5.74, 6) is -2.62. The van der Waals surface area contributed by atoms with Crippen LogP contribution in [0.3, 0.4) is 0 Å². The van der Waals surface area contributed by atoms with Crippen molar-refractivity contribution in [2.75, 3.05) is 48.1 Å². The molecule has 2 atom stereocenters. The lowest BCUT2D eigenvalue weighted by Crippen LogP contribution is -2.49. The quantitative estimate of drug-likeness (QED) is 0.303. The van der Waals surface area contributed by atoms with Gasteiger partial charge in [-0.15, -0.1) is 12.4 Å². The molecule has 2 aromatic carbocycles. The Bertz CT molecular complexity index is 1130. The van der Waals surface area contributed by atoms with E-state index in [-0.39, 0.29) is 60.2 Å². The highest BCUT2D eigenvalue weighted by molar-refractivity contribution is 5.85. The van der Waals surface area contributed by atoms with Crippen LogP contribution < -0.4 is 9.47 Å². The lowest BCUT2D eigenvalue weighted by atomic mass is 9.65. The topological polar surface area (TPSA) is 57.2 Å². The van der Waals surface area contributed by atoms with Crippen molar-refractivity contribution >= 4 is 18.4 Å². The van der Waals surface area contributed by atoms with Gasteiger partial charge >= 0.3 is 5.97 Å². The molecule has 2 aromatic rings. The molecule has 1 aliphatic carbocycles. The van der Waals surface area contributed by atoms with Gasteiger partial charge in [0.15, 0.2) is 23.1 Å². The van der Waals surface area contributed by atoms with E-state index in [9.17, 15) is 18.0 Å². The van der Waals surface area contributed by atoms with Crippen LogP contribution >= 0.6 is 12.4 Å². The average molecular weight is 574 g/mol. The Morgan fingerprint density at radius 2 is 1.77 bits per heavy atom.